The zero-order valence-corrected chi connectivity index (χ0v) is 17.9. The minimum atomic E-state index is -0.538. The van der Waals surface area contributed by atoms with Crippen LogP contribution >= 0.6 is 0 Å². The van der Waals surface area contributed by atoms with E-state index in [0.717, 1.165) is 70.7 Å². The summed E-state index contributed by atoms with van der Waals surface area (Å²) in [6.45, 7) is 8.95. The van der Waals surface area contributed by atoms with Crippen LogP contribution in [0.4, 0.5) is 15.8 Å². The van der Waals surface area contributed by atoms with Crippen molar-refractivity contribution in [2.24, 2.45) is 0 Å². The summed E-state index contributed by atoms with van der Waals surface area (Å²) in [6, 6.07) is 2.74. The number of anilines is 1. The molecule has 0 radical (unpaired) electrons. The third kappa shape index (κ3) is 5.25. The van der Waals surface area contributed by atoms with Gasteiger partial charge in [0.05, 0.1) is 17.1 Å². The first-order valence-corrected chi connectivity index (χ1v) is 10.9. The van der Waals surface area contributed by atoms with Gasteiger partial charge < -0.3 is 10.1 Å². The average molecular weight is 408 g/mol. The topological polar surface area (TPSA) is 67.6 Å². The molecule has 0 spiro atoms. The van der Waals surface area contributed by atoms with Crippen LogP contribution in [0.3, 0.4) is 0 Å². The van der Waals surface area contributed by atoms with Gasteiger partial charge in [0, 0.05) is 31.3 Å². The molecule has 2 aliphatic rings. The number of ether oxygens (including phenoxy) is 1. The highest BCUT2D eigenvalue weighted by atomic mass is 19.1. The van der Waals surface area contributed by atoms with Gasteiger partial charge in [-0.15, -0.1) is 0 Å². The number of piperidine rings is 1. The maximum absolute atomic E-state index is 13.7. The van der Waals surface area contributed by atoms with E-state index in [1.54, 1.807) is 13.0 Å². The van der Waals surface area contributed by atoms with Crippen LogP contribution in [0.5, 0.6) is 0 Å². The number of benzene rings is 1. The Morgan fingerprint density at radius 1 is 1.28 bits per heavy atom. The molecule has 1 saturated carbocycles. The van der Waals surface area contributed by atoms with Gasteiger partial charge in [0.1, 0.15) is 11.5 Å². The maximum atomic E-state index is 13.7. The second-order valence-corrected chi connectivity index (χ2v) is 8.85. The standard InChI is InChI=1S/C22H34FN3O3/c1-4-13-29-18-5-9-22(3,10-6-18)25-11-7-17(8-12-25)24-20-14-16(2)19(23)15-21(20)26(27)28/h14-15,17-18,24H,4-13H2,1-3H3/t18-,22+. The SMILES string of the molecule is CCCO[C@H]1CC[C@@](C)(N2CCC(Nc3cc(C)c(F)cc3[N+](=O)[O-])CC2)CC1. The van der Waals surface area contributed by atoms with Crippen molar-refractivity contribution < 1.29 is 14.1 Å². The fraction of sp³-hybridized carbons (Fsp3) is 0.727. The van der Waals surface area contributed by atoms with Gasteiger partial charge >= 0.3 is 0 Å². The number of hydrogen-bond donors (Lipinski definition) is 1. The Balaban J connectivity index is 1.55. The highest BCUT2D eigenvalue weighted by Gasteiger charge is 2.38. The zero-order valence-electron chi connectivity index (χ0n) is 17.9. The molecule has 1 aromatic carbocycles. The summed E-state index contributed by atoms with van der Waals surface area (Å²) in [6.07, 6.45) is 7.89. The summed E-state index contributed by atoms with van der Waals surface area (Å²) >= 11 is 0. The van der Waals surface area contributed by atoms with E-state index in [1.807, 2.05) is 0 Å². The predicted molar refractivity (Wildman–Crippen MR) is 113 cm³/mol. The number of nitrogens with one attached hydrogen (secondary N) is 1. The Kier molecular flexibility index (Phi) is 7.11. The van der Waals surface area contributed by atoms with Crippen LogP contribution < -0.4 is 5.32 Å². The van der Waals surface area contributed by atoms with Crippen molar-refractivity contribution in [3.63, 3.8) is 0 Å². The van der Waals surface area contributed by atoms with Gasteiger partial charge in [0.15, 0.2) is 0 Å². The molecule has 162 valence electrons. The fourth-order valence-corrected chi connectivity index (χ4v) is 4.70. The van der Waals surface area contributed by atoms with Crippen molar-refractivity contribution >= 4 is 11.4 Å². The largest absolute Gasteiger partial charge is 0.378 e. The van der Waals surface area contributed by atoms with E-state index in [-0.39, 0.29) is 17.3 Å². The molecule has 1 aliphatic heterocycles. The number of likely N-dealkylation sites (tertiary alicyclic amines) is 1. The Bertz CT molecular complexity index is 711. The second kappa shape index (κ2) is 9.39. The molecule has 1 aliphatic carbocycles. The number of nitrogens with zero attached hydrogens (tertiary/aromatic N) is 2. The molecule has 6 nitrogen and oxygen atoms in total. The van der Waals surface area contributed by atoms with E-state index in [2.05, 4.69) is 24.1 Å². The monoisotopic (exact) mass is 407 g/mol. The fourth-order valence-electron chi connectivity index (χ4n) is 4.70. The van der Waals surface area contributed by atoms with E-state index in [9.17, 15) is 14.5 Å². The summed E-state index contributed by atoms with van der Waals surface area (Å²) < 4.78 is 19.7. The summed E-state index contributed by atoms with van der Waals surface area (Å²) in [4.78, 5) is 13.4. The van der Waals surface area contributed by atoms with Crippen LogP contribution in [-0.2, 0) is 4.74 Å². The Morgan fingerprint density at radius 3 is 2.52 bits per heavy atom. The van der Waals surface area contributed by atoms with Gasteiger partial charge in [-0.25, -0.2) is 4.39 Å². The second-order valence-electron chi connectivity index (χ2n) is 8.85. The van der Waals surface area contributed by atoms with Crippen LogP contribution in [-0.4, -0.2) is 47.2 Å². The summed E-state index contributed by atoms with van der Waals surface area (Å²) in [5.74, 6) is -0.538. The van der Waals surface area contributed by atoms with Gasteiger partial charge in [-0.05, 0) is 70.4 Å². The van der Waals surface area contributed by atoms with Crippen molar-refractivity contribution in [3.05, 3.63) is 33.6 Å². The third-order valence-electron chi connectivity index (χ3n) is 6.66. The van der Waals surface area contributed by atoms with Gasteiger partial charge in [0.2, 0.25) is 0 Å². The minimum Gasteiger partial charge on any atom is -0.378 e. The van der Waals surface area contributed by atoms with Crippen molar-refractivity contribution in [3.8, 4) is 0 Å². The Morgan fingerprint density at radius 2 is 1.93 bits per heavy atom. The Hall–Kier alpha value is -1.73. The first kappa shape index (κ1) is 22.0. The number of aryl methyl sites for hydroxylation is 1. The molecular weight excluding hydrogens is 373 g/mol. The number of nitro groups is 1. The van der Waals surface area contributed by atoms with Crippen molar-refractivity contribution in [1.82, 2.24) is 4.90 Å². The average Bonchev–Trinajstić information content (AvgIpc) is 2.70. The molecule has 0 aromatic heterocycles. The van der Waals surface area contributed by atoms with Gasteiger partial charge in [-0.3, -0.25) is 15.0 Å². The summed E-state index contributed by atoms with van der Waals surface area (Å²) in [7, 11) is 0. The smallest absolute Gasteiger partial charge is 0.295 e. The van der Waals surface area contributed by atoms with Crippen LogP contribution in [0.1, 0.15) is 64.4 Å². The lowest BCUT2D eigenvalue weighted by molar-refractivity contribution is -0.384. The predicted octanol–water partition coefficient (Wildman–Crippen LogP) is 5.05. The third-order valence-corrected chi connectivity index (χ3v) is 6.66. The quantitative estimate of drug-likeness (QED) is 0.506. The summed E-state index contributed by atoms with van der Waals surface area (Å²) in [5.41, 5.74) is 0.875. The maximum Gasteiger partial charge on any atom is 0.295 e. The lowest BCUT2D eigenvalue weighted by Crippen LogP contribution is -2.53. The van der Waals surface area contributed by atoms with E-state index < -0.39 is 10.7 Å². The molecular formula is C22H34FN3O3. The normalized spacial score (nSPS) is 26.4. The number of rotatable bonds is 7. The lowest BCUT2D eigenvalue weighted by atomic mass is 9.79. The molecule has 29 heavy (non-hydrogen) atoms. The van der Waals surface area contributed by atoms with Crippen LogP contribution in [0.2, 0.25) is 0 Å². The molecule has 1 N–H and O–H groups in total. The van der Waals surface area contributed by atoms with Gasteiger partial charge in [-0.2, -0.15) is 0 Å². The first-order valence-electron chi connectivity index (χ1n) is 10.9. The highest BCUT2D eigenvalue weighted by molar-refractivity contribution is 5.63. The van der Waals surface area contributed by atoms with Crippen LogP contribution in [0.15, 0.2) is 12.1 Å². The van der Waals surface area contributed by atoms with E-state index in [4.69, 9.17) is 4.74 Å². The number of hydrogen-bond acceptors (Lipinski definition) is 5. The van der Waals surface area contributed by atoms with E-state index in [1.165, 1.54) is 0 Å². The highest BCUT2D eigenvalue weighted by Crippen LogP contribution is 2.37. The van der Waals surface area contributed by atoms with Crippen molar-refractivity contribution in [1.29, 1.82) is 0 Å². The molecule has 3 rings (SSSR count). The summed E-state index contributed by atoms with van der Waals surface area (Å²) in [5, 5.41) is 14.6. The van der Waals surface area contributed by atoms with Crippen LogP contribution in [0.25, 0.3) is 0 Å². The molecule has 1 saturated heterocycles. The van der Waals surface area contributed by atoms with Gasteiger partial charge in [0.25, 0.3) is 5.69 Å². The van der Waals surface area contributed by atoms with E-state index >= 15 is 0 Å². The molecule has 2 fully saturated rings. The van der Waals surface area contributed by atoms with Gasteiger partial charge in [-0.1, -0.05) is 6.92 Å². The number of halogens is 1. The molecule has 0 amide bonds. The minimum absolute atomic E-state index is 0.169. The molecule has 1 heterocycles. The van der Waals surface area contributed by atoms with Crippen molar-refractivity contribution in [2.75, 3.05) is 25.0 Å². The molecule has 0 bridgehead atoms. The molecule has 0 unspecified atom stereocenters. The first-order chi connectivity index (χ1) is 13.8. The zero-order chi connectivity index (χ0) is 21.0. The van der Waals surface area contributed by atoms with Crippen LogP contribution in [0, 0.1) is 22.9 Å². The molecule has 1 aromatic rings. The van der Waals surface area contributed by atoms with E-state index in [0.29, 0.717) is 17.4 Å². The number of nitro benzene ring substituents is 1. The molecule has 0 atom stereocenters. The lowest BCUT2D eigenvalue weighted by Gasteiger charge is -2.48. The Labute approximate surface area is 173 Å². The van der Waals surface area contributed by atoms with Crippen molar-refractivity contribution in [2.45, 2.75) is 83.4 Å². The molecule has 7 heteroatoms.